The summed E-state index contributed by atoms with van der Waals surface area (Å²) in [6.45, 7) is 1.39. The molecule has 0 aliphatic carbocycles. The molecule has 1 aliphatic heterocycles. The quantitative estimate of drug-likeness (QED) is 0.213. The van der Waals surface area contributed by atoms with Crippen molar-refractivity contribution >= 4 is 44.1 Å². The Morgan fingerprint density at radius 2 is 0.786 bits per heavy atom. The predicted octanol–water partition coefficient (Wildman–Crippen LogP) is 7.93. The van der Waals surface area contributed by atoms with Gasteiger partial charge in [0, 0.05) is 28.3 Å². The van der Waals surface area contributed by atoms with Crippen LogP contribution in [0.4, 0.5) is 11.4 Å². The van der Waals surface area contributed by atoms with Gasteiger partial charge in [0.05, 0.1) is 52.4 Å². The summed E-state index contributed by atoms with van der Waals surface area (Å²) in [5.74, 6) is 0. The van der Waals surface area contributed by atoms with Gasteiger partial charge in [0.25, 0.3) is 0 Å². The minimum absolute atomic E-state index is 0.0394. The second kappa shape index (κ2) is 10.3. The van der Waals surface area contributed by atoms with Gasteiger partial charge < -0.3 is 9.80 Å². The first-order valence-corrected chi connectivity index (χ1v) is 14.4. The zero-order valence-corrected chi connectivity index (χ0v) is 23.1. The largest absolute Gasteiger partial charge is 0.343 e. The fraction of sp³-hybridized carbons (Fsp3) is 0.108. The van der Waals surface area contributed by atoms with Crippen LogP contribution in [0.25, 0.3) is 32.7 Å². The Bertz CT molecular complexity index is 1960. The SMILES string of the molecule is c1ccc2c(c1)N(Cc1ccc3ccccc3n1)C(Cc1ccc3ccccc3n1)N2Cc1ccc2ccccc2n1. The summed E-state index contributed by atoms with van der Waals surface area (Å²) in [6.07, 6.45) is 0.804. The normalized spacial score (nSPS) is 13.3. The molecule has 8 rings (SSSR count). The van der Waals surface area contributed by atoms with E-state index in [0.29, 0.717) is 13.1 Å². The highest BCUT2D eigenvalue weighted by molar-refractivity contribution is 5.81. The van der Waals surface area contributed by atoms with Crippen LogP contribution < -0.4 is 9.80 Å². The Hall–Kier alpha value is -5.29. The fourth-order valence-corrected chi connectivity index (χ4v) is 6.19. The van der Waals surface area contributed by atoms with Crippen molar-refractivity contribution in [2.75, 3.05) is 9.80 Å². The van der Waals surface area contributed by atoms with Crippen LogP contribution in [0.5, 0.6) is 0 Å². The van der Waals surface area contributed by atoms with Gasteiger partial charge in [-0.3, -0.25) is 15.0 Å². The van der Waals surface area contributed by atoms with Gasteiger partial charge in [-0.1, -0.05) is 84.9 Å². The lowest BCUT2D eigenvalue weighted by Gasteiger charge is -2.33. The van der Waals surface area contributed by atoms with Crippen LogP contribution in [0.3, 0.4) is 0 Å². The molecule has 0 saturated carbocycles. The lowest BCUT2D eigenvalue weighted by Crippen LogP contribution is -2.44. The van der Waals surface area contributed by atoms with E-state index in [2.05, 4.69) is 143 Å². The number of aromatic nitrogens is 3. The van der Waals surface area contributed by atoms with E-state index in [-0.39, 0.29) is 6.17 Å². The number of nitrogens with zero attached hydrogens (tertiary/aromatic N) is 5. The monoisotopic (exact) mass is 543 g/mol. The maximum Gasteiger partial charge on any atom is 0.108 e. The summed E-state index contributed by atoms with van der Waals surface area (Å²) < 4.78 is 0. The maximum absolute atomic E-state index is 5.08. The Kier molecular flexibility index (Phi) is 5.99. The van der Waals surface area contributed by atoms with Crippen LogP contribution in [0, 0.1) is 0 Å². The van der Waals surface area contributed by atoms with E-state index >= 15 is 0 Å². The molecule has 0 bridgehead atoms. The van der Waals surface area contributed by atoms with E-state index in [1.54, 1.807) is 0 Å². The minimum Gasteiger partial charge on any atom is -0.343 e. The molecule has 4 aromatic carbocycles. The molecule has 3 aromatic heterocycles. The molecular weight excluding hydrogens is 514 g/mol. The standard InChI is InChI=1S/C37H29N5/c1-4-12-32-26(9-1)17-20-29(38-32)23-37-41(24-30-21-18-27-10-2-5-13-33(27)39-30)35-15-7-8-16-36(35)42(37)25-31-22-19-28-11-3-6-14-34(28)40-31/h1-22,37H,23-25H2. The highest BCUT2D eigenvalue weighted by Crippen LogP contribution is 2.42. The second-order valence-electron chi connectivity index (χ2n) is 10.9. The third kappa shape index (κ3) is 4.49. The van der Waals surface area contributed by atoms with Crippen LogP contribution in [0.1, 0.15) is 17.1 Å². The van der Waals surface area contributed by atoms with Crippen LogP contribution in [-0.4, -0.2) is 21.1 Å². The van der Waals surface area contributed by atoms with Crippen molar-refractivity contribution in [3.05, 3.63) is 151 Å². The number of anilines is 2. The van der Waals surface area contributed by atoms with Gasteiger partial charge in [-0.05, 0) is 48.5 Å². The first-order valence-electron chi connectivity index (χ1n) is 14.4. The molecule has 5 nitrogen and oxygen atoms in total. The molecule has 0 spiro atoms. The van der Waals surface area contributed by atoms with Gasteiger partial charge in [0.2, 0.25) is 0 Å². The fourth-order valence-electron chi connectivity index (χ4n) is 6.19. The number of para-hydroxylation sites is 5. The van der Waals surface area contributed by atoms with Crippen LogP contribution in [0.15, 0.2) is 133 Å². The number of rotatable bonds is 6. The van der Waals surface area contributed by atoms with E-state index in [1.807, 2.05) is 0 Å². The molecule has 0 atom stereocenters. The molecule has 4 heterocycles. The van der Waals surface area contributed by atoms with E-state index in [9.17, 15) is 0 Å². The molecule has 0 amide bonds. The summed E-state index contributed by atoms with van der Waals surface area (Å²) in [5, 5.41) is 3.47. The minimum atomic E-state index is 0.0394. The zero-order valence-electron chi connectivity index (χ0n) is 23.1. The third-order valence-electron chi connectivity index (χ3n) is 8.24. The summed E-state index contributed by atoms with van der Waals surface area (Å²) in [4.78, 5) is 20.2. The number of pyridine rings is 3. The molecule has 7 aromatic rings. The van der Waals surface area contributed by atoms with E-state index < -0.39 is 0 Å². The zero-order chi connectivity index (χ0) is 27.9. The highest BCUT2D eigenvalue weighted by Gasteiger charge is 2.36. The molecule has 0 saturated heterocycles. The summed E-state index contributed by atoms with van der Waals surface area (Å²) in [7, 11) is 0. The van der Waals surface area contributed by atoms with Crippen LogP contribution in [-0.2, 0) is 19.5 Å². The van der Waals surface area contributed by atoms with Crippen LogP contribution in [0.2, 0.25) is 0 Å². The van der Waals surface area contributed by atoms with Gasteiger partial charge >= 0.3 is 0 Å². The van der Waals surface area contributed by atoms with Crippen molar-refractivity contribution in [1.82, 2.24) is 15.0 Å². The summed E-state index contributed by atoms with van der Waals surface area (Å²) >= 11 is 0. The second-order valence-corrected chi connectivity index (χ2v) is 10.9. The Balaban J connectivity index is 1.21. The summed E-state index contributed by atoms with van der Waals surface area (Å²) in [5.41, 5.74) is 8.64. The first-order chi connectivity index (χ1) is 20.8. The number of benzene rings is 4. The van der Waals surface area contributed by atoms with Crippen molar-refractivity contribution in [1.29, 1.82) is 0 Å². The highest BCUT2D eigenvalue weighted by atomic mass is 15.4. The van der Waals surface area contributed by atoms with Crippen molar-refractivity contribution in [2.45, 2.75) is 25.7 Å². The predicted molar refractivity (Wildman–Crippen MR) is 172 cm³/mol. The molecule has 0 unspecified atom stereocenters. The average Bonchev–Trinajstić information content (AvgIpc) is 3.32. The van der Waals surface area contributed by atoms with Crippen molar-refractivity contribution in [2.24, 2.45) is 0 Å². The van der Waals surface area contributed by atoms with Crippen molar-refractivity contribution in [3.8, 4) is 0 Å². The third-order valence-corrected chi connectivity index (χ3v) is 8.24. The Labute approximate surface area is 244 Å². The molecule has 0 N–H and O–H groups in total. The first kappa shape index (κ1) is 24.5. The average molecular weight is 544 g/mol. The molecular formula is C37H29N5. The van der Waals surface area contributed by atoms with Gasteiger partial charge in [-0.25, -0.2) is 0 Å². The van der Waals surface area contributed by atoms with Gasteiger partial charge in [-0.15, -0.1) is 0 Å². The summed E-state index contributed by atoms with van der Waals surface area (Å²) in [6, 6.07) is 46.7. The van der Waals surface area contributed by atoms with E-state index in [4.69, 9.17) is 15.0 Å². The van der Waals surface area contributed by atoms with Crippen LogP contribution >= 0.6 is 0 Å². The molecule has 42 heavy (non-hydrogen) atoms. The van der Waals surface area contributed by atoms with Gasteiger partial charge in [-0.2, -0.15) is 0 Å². The molecule has 0 fully saturated rings. The van der Waals surface area contributed by atoms with E-state index in [0.717, 1.165) is 56.2 Å². The molecule has 0 radical (unpaired) electrons. The Morgan fingerprint density at radius 1 is 0.405 bits per heavy atom. The molecule has 5 heteroatoms. The number of hydrogen-bond donors (Lipinski definition) is 0. The van der Waals surface area contributed by atoms with Gasteiger partial charge in [0.15, 0.2) is 0 Å². The van der Waals surface area contributed by atoms with Crippen molar-refractivity contribution < 1.29 is 0 Å². The topological polar surface area (TPSA) is 45.2 Å². The van der Waals surface area contributed by atoms with Crippen molar-refractivity contribution in [3.63, 3.8) is 0 Å². The number of hydrogen-bond acceptors (Lipinski definition) is 5. The van der Waals surface area contributed by atoms with E-state index in [1.165, 1.54) is 11.4 Å². The molecule has 1 aliphatic rings. The maximum atomic E-state index is 5.08. The molecule has 202 valence electrons. The van der Waals surface area contributed by atoms with Gasteiger partial charge in [0.1, 0.15) is 6.17 Å². The smallest absolute Gasteiger partial charge is 0.108 e. The number of fused-ring (bicyclic) bond motifs is 4. The Morgan fingerprint density at radius 3 is 1.26 bits per heavy atom. The lowest BCUT2D eigenvalue weighted by molar-refractivity contribution is 0.560. The lowest BCUT2D eigenvalue weighted by atomic mass is 10.1.